The monoisotopic (exact) mass is 624 g/mol. The van der Waals surface area contributed by atoms with Gasteiger partial charge >= 0.3 is 5.97 Å². The van der Waals surface area contributed by atoms with Crippen molar-refractivity contribution in [2.45, 2.75) is 63.5 Å². The molecule has 234 valence electrons. The number of amides is 3. The molecule has 4 atom stereocenters. The van der Waals surface area contributed by atoms with Gasteiger partial charge in [-0.3, -0.25) is 19.3 Å². The van der Waals surface area contributed by atoms with Crippen LogP contribution in [0.1, 0.15) is 56.3 Å². The molecule has 12 heteroatoms. The van der Waals surface area contributed by atoms with Crippen LogP contribution < -0.4 is 9.47 Å². The standard InChI is InChI=1S/C32H36N2O9S/c1-41-24-9-8-21(15-27(24)42-17-29(36)33-10-2-5-22(33)31(38)39)25-14-20(4-3-11-35)26(43-25)16-28-30(37)34(32(40)44-28)23-13-18-6-7-19(23)12-18/h8-9,14-16,18-19,22-23,35H,2-7,10-13,17H2,1H3,(H,38,39)/b28-16-/t18?,19?,22-,23?/m0/s1. The van der Waals surface area contributed by atoms with Gasteiger partial charge in [0.15, 0.2) is 18.1 Å². The van der Waals surface area contributed by atoms with Crippen LogP contribution in [0.4, 0.5) is 4.79 Å². The molecule has 2 aliphatic carbocycles. The van der Waals surface area contributed by atoms with Gasteiger partial charge in [-0.25, -0.2) is 4.79 Å². The predicted octanol–water partition coefficient (Wildman–Crippen LogP) is 4.56. The third kappa shape index (κ3) is 5.84. The van der Waals surface area contributed by atoms with E-state index in [4.69, 9.17) is 13.9 Å². The van der Waals surface area contributed by atoms with Crippen LogP contribution in [-0.4, -0.2) is 82.0 Å². The van der Waals surface area contributed by atoms with Gasteiger partial charge in [-0.1, -0.05) is 6.42 Å². The van der Waals surface area contributed by atoms with Gasteiger partial charge in [-0.05, 0) is 98.4 Å². The highest BCUT2D eigenvalue weighted by Crippen LogP contribution is 2.49. The van der Waals surface area contributed by atoms with Crippen LogP contribution in [0, 0.1) is 11.8 Å². The Morgan fingerprint density at radius 3 is 2.68 bits per heavy atom. The van der Waals surface area contributed by atoms with Crippen LogP contribution in [-0.2, 0) is 20.8 Å². The van der Waals surface area contributed by atoms with Crippen LogP contribution in [0.25, 0.3) is 17.4 Å². The van der Waals surface area contributed by atoms with Gasteiger partial charge in [-0.15, -0.1) is 0 Å². The maximum Gasteiger partial charge on any atom is 0.326 e. The Kier molecular flexibility index (Phi) is 8.73. The fourth-order valence-corrected chi connectivity index (χ4v) is 7.93. The quantitative estimate of drug-likeness (QED) is 0.341. The van der Waals surface area contributed by atoms with E-state index in [0.717, 1.165) is 36.6 Å². The average Bonchev–Trinajstić information content (AvgIpc) is 3.85. The number of rotatable bonds is 11. The van der Waals surface area contributed by atoms with Gasteiger partial charge in [0.1, 0.15) is 17.6 Å². The summed E-state index contributed by atoms with van der Waals surface area (Å²) in [6.45, 7) is -0.00809. The molecule has 4 fully saturated rings. The Bertz CT molecular complexity index is 1500. The number of carbonyl (C=O) groups is 4. The second-order valence-electron chi connectivity index (χ2n) is 11.9. The lowest BCUT2D eigenvalue weighted by molar-refractivity contribution is -0.149. The number of likely N-dealkylation sites (tertiary alicyclic amines) is 1. The molecule has 0 spiro atoms. The number of thioether (sulfide) groups is 1. The second-order valence-corrected chi connectivity index (χ2v) is 12.9. The normalized spacial score (nSPS) is 25.5. The number of hydrogen-bond donors (Lipinski definition) is 2. The van der Waals surface area contributed by atoms with Gasteiger partial charge in [0.05, 0.1) is 12.0 Å². The first-order valence-corrected chi connectivity index (χ1v) is 15.9. The van der Waals surface area contributed by atoms with E-state index in [9.17, 15) is 29.4 Å². The summed E-state index contributed by atoms with van der Waals surface area (Å²) in [5, 5.41) is 18.7. The average molecular weight is 625 g/mol. The number of fused-ring (bicyclic) bond motifs is 2. The number of aliphatic hydroxyl groups is 1. The molecule has 2 aliphatic heterocycles. The highest BCUT2D eigenvalue weighted by molar-refractivity contribution is 8.18. The highest BCUT2D eigenvalue weighted by Gasteiger charge is 2.49. The van der Waals surface area contributed by atoms with Gasteiger partial charge in [0, 0.05) is 30.8 Å². The molecule has 2 aromatic rings. The summed E-state index contributed by atoms with van der Waals surface area (Å²) in [5.74, 6) is 0.834. The number of carboxylic acid groups (broad SMARTS) is 1. The maximum absolute atomic E-state index is 13.4. The van der Waals surface area contributed by atoms with Gasteiger partial charge in [0.25, 0.3) is 17.1 Å². The SMILES string of the molecule is COc1ccc(-c2cc(CCCO)c(/C=C3\SC(=O)N(C4CC5CCC4C5)C3=O)o2)cc1OCC(=O)N1CCC[C@H]1C(=O)O. The van der Waals surface area contributed by atoms with E-state index < -0.39 is 17.9 Å². The lowest BCUT2D eigenvalue weighted by Gasteiger charge is -2.28. The van der Waals surface area contributed by atoms with Crippen molar-refractivity contribution in [3.63, 3.8) is 0 Å². The van der Waals surface area contributed by atoms with E-state index in [-0.39, 0.29) is 36.2 Å². The molecule has 1 aromatic carbocycles. The Balaban J connectivity index is 1.23. The van der Waals surface area contributed by atoms with Crippen LogP contribution in [0.3, 0.4) is 0 Å². The number of nitrogens with zero attached hydrogens (tertiary/aromatic N) is 2. The van der Waals surface area contributed by atoms with Crippen molar-refractivity contribution < 1.29 is 43.3 Å². The smallest absolute Gasteiger partial charge is 0.326 e. The molecule has 2 saturated carbocycles. The van der Waals surface area contributed by atoms with Crippen molar-refractivity contribution in [3.05, 3.63) is 40.5 Å². The number of imide groups is 1. The van der Waals surface area contributed by atoms with E-state index in [1.807, 2.05) is 6.07 Å². The number of aryl methyl sites for hydroxylation is 1. The number of carbonyl (C=O) groups excluding carboxylic acids is 3. The summed E-state index contributed by atoms with van der Waals surface area (Å²) < 4.78 is 17.5. The Morgan fingerprint density at radius 2 is 1.98 bits per heavy atom. The zero-order valence-corrected chi connectivity index (χ0v) is 25.3. The molecule has 1 aromatic heterocycles. The minimum Gasteiger partial charge on any atom is -0.493 e. The molecular formula is C32H36N2O9S. The molecule has 2 bridgehead atoms. The lowest BCUT2D eigenvalue weighted by atomic mass is 9.94. The zero-order valence-electron chi connectivity index (χ0n) is 24.5. The summed E-state index contributed by atoms with van der Waals surface area (Å²) in [5.41, 5.74) is 1.40. The molecule has 3 amide bonds. The summed E-state index contributed by atoms with van der Waals surface area (Å²) in [4.78, 5) is 53.8. The van der Waals surface area contributed by atoms with Crippen molar-refractivity contribution in [1.29, 1.82) is 0 Å². The van der Waals surface area contributed by atoms with Crippen molar-refractivity contribution in [2.24, 2.45) is 11.8 Å². The van der Waals surface area contributed by atoms with E-state index in [1.165, 1.54) is 23.3 Å². The molecule has 4 aliphatic rings. The second kappa shape index (κ2) is 12.7. The molecule has 3 unspecified atom stereocenters. The van der Waals surface area contributed by atoms with E-state index in [1.54, 1.807) is 24.3 Å². The fraction of sp³-hybridized carbons (Fsp3) is 0.500. The van der Waals surface area contributed by atoms with Gasteiger partial charge in [-0.2, -0.15) is 0 Å². The van der Waals surface area contributed by atoms with Gasteiger partial charge < -0.3 is 29.0 Å². The summed E-state index contributed by atoms with van der Waals surface area (Å²) in [6, 6.07) is 6.08. The minimum absolute atomic E-state index is 0.0188. The number of hydrogen-bond acceptors (Lipinski definition) is 9. The third-order valence-corrected chi connectivity index (χ3v) is 10.1. The number of aliphatic hydroxyl groups excluding tert-OH is 1. The first-order chi connectivity index (χ1) is 21.3. The van der Waals surface area contributed by atoms with Crippen LogP contribution in [0.2, 0.25) is 0 Å². The molecule has 44 heavy (non-hydrogen) atoms. The Morgan fingerprint density at radius 1 is 1.14 bits per heavy atom. The molecule has 3 heterocycles. The topological polar surface area (TPSA) is 147 Å². The third-order valence-electron chi connectivity index (χ3n) is 9.22. The summed E-state index contributed by atoms with van der Waals surface area (Å²) in [7, 11) is 1.48. The van der Waals surface area contributed by atoms with Gasteiger partial charge in [0.2, 0.25) is 0 Å². The van der Waals surface area contributed by atoms with Crippen molar-refractivity contribution >= 4 is 40.9 Å². The molecular weight excluding hydrogens is 588 g/mol. The molecule has 2 N–H and O–H groups in total. The van der Waals surface area contributed by atoms with E-state index in [0.29, 0.717) is 71.8 Å². The molecule has 2 saturated heterocycles. The summed E-state index contributed by atoms with van der Waals surface area (Å²) in [6.07, 6.45) is 7.84. The number of furan rings is 1. The molecule has 6 rings (SSSR count). The zero-order chi connectivity index (χ0) is 31.0. The van der Waals surface area contributed by atoms with Crippen LogP contribution in [0.15, 0.2) is 33.6 Å². The van der Waals surface area contributed by atoms with Crippen molar-refractivity contribution in [1.82, 2.24) is 9.80 Å². The fourth-order valence-electron chi connectivity index (χ4n) is 7.07. The Hall–Kier alpha value is -3.77. The highest BCUT2D eigenvalue weighted by atomic mass is 32.2. The minimum atomic E-state index is -1.03. The molecule has 0 radical (unpaired) electrons. The van der Waals surface area contributed by atoms with Crippen molar-refractivity contribution in [2.75, 3.05) is 26.9 Å². The number of ether oxygens (including phenoxy) is 2. The lowest BCUT2D eigenvalue weighted by Crippen LogP contribution is -2.42. The number of carboxylic acids is 1. The van der Waals surface area contributed by atoms with E-state index in [2.05, 4.69) is 0 Å². The van der Waals surface area contributed by atoms with Crippen LogP contribution in [0.5, 0.6) is 11.5 Å². The first-order valence-electron chi connectivity index (χ1n) is 15.1. The Labute approximate surface area is 259 Å². The van der Waals surface area contributed by atoms with Crippen LogP contribution >= 0.6 is 11.8 Å². The van der Waals surface area contributed by atoms with E-state index >= 15 is 0 Å². The number of methoxy groups -OCH3 is 1. The molecule has 11 nitrogen and oxygen atoms in total. The number of benzene rings is 1. The largest absolute Gasteiger partial charge is 0.493 e. The summed E-state index contributed by atoms with van der Waals surface area (Å²) >= 11 is 0.937. The number of aliphatic carboxylic acids is 1. The first kappa shape index (κ1) is 30.3. The predicted molar refractivity (Wildman–Crippen MR) is 161 cm³/mol. The maximum atomic E-state index is 13.4. The van der Waals surface area contributed by atoms with Crippen molar-refractivity contribution in [3.8, 4) is 22.8 Å².